The zero-order chi connectivity index (χ0) is 11.2. The maximum Gasteiger partial charge on any atom is -0.0195 e. The average Bonchev–Trinajstić information content (AvgIpc) is 2.38. The van der Waals surface area contributed by atoms with Crippen LogP contribution in [-0.4, -0.2) is 6.16 Å². The minimum atomic E-state index is -0.151. The molecular formula is C16H21P. The molecule has 0 fully saturated rings. The lowest BCUT2D eigenvalue weighted by molar-refractivity contribution is 1.10. The Labute approximate surface area is 106 Å². The van der Waals surface area contributed by atoms with E-state index in [1.54, 1.807) is 0 Å². The van der Waals surface area contributed by atoms with E-state index in [0.717, 1.165) is 0 Å². The van der Waals surface area contributed by atoms with Crippen LogP contribution in [0, 0.1) is 0 Å². The van der Waals surface area contributed by atoms with Gasteiger partial charge in [0.2, 0.25) is 0 Å². The minimum Gasteiger partial charge on any atom is -0.0776 e. The van der Waals surface area contributed by atoms with E-state index >= 15 is 0 Å². The summed E-state index contributed by atoms with van der Waals surface area (Å²) in [5.41, 5.74) is 0. The fourth-order valence-corrected chi connectivity index (χ4v) is 4.17. The van der Waals surface area contributed by atoms with Gasteiger partial charge >= 0.3 is 0 Å². The van der Waals surface area contributed by atoms with Crippen molar-refractivity contribution in [2.75, 3.05) is 6.16 Å². The molecular weight excluding hydrogens is 223 g/mol. The van der Waals surface area contributed by atoms with E-state index in [2.05, 4.69) is 67.6 Å². The minimum absolute atomic E-state index is 0. The molecule has 0 aliphatic carbocycles. The second-order valence-electron chi connectivity index (χ2n) is 3.82. The fourth-order valence-electron chi connectivity index (χ4n) is 1.85. The van der Waals surface area contributed by atoms with Gasteiger partial charge in [-0.15, -0.1) is 0 Å². The predicted octanol–water partition coefficient (Wildman–Crippen LogP) is 4.17. The molecule has 0 atom stereocenters. The van der Waals surface area contributed by atoms with Crippen molar-refractivity contribution in [1.82, 2.24) is 0 Å². The number of hydrogen-bond donors (Lipinski definition) is 0. The predicted molar refractivity (Wildman–Crippen MR) is 81.0 cm³/mol. The van der Waals surface area contributed by atoms with Crippen LogP contribution in [0.5, 0.6) is 0 Å². The average molecular weight is 244 g/mol. The van der Waals surface area contributed by atoms with Crippen molar-refractivity contribution >= 4 is 18.5 Å². The zero-order valence-corrected chi connectivity index (χ0v) is 10.5. The second kappa shape index (κ2) is 7.25. The van der Waals surface area contributed by atoms with Crippen molar-refractivity contribution in [1.29, 1.82) is 0 Å². The van der Waals surface area contributed by atoms with E-state index in [9.17, 15) is 0 Å². The highest BCUT2D eigenvalue weighted by Gasteiger charge is 2.11. The summed E-state index contributed by atoms with van der Waals surface area (Å²) in [7, 11) is -0.151. The van der Waals surface area contributed by atoms with Gasteiger partial charge in [-0.2, -0.15) is 0 Å². The Balaban J connectivity index is 0.00000144. The molecule has 2 aromatic carbocycles. The van der Waals surface area contributed by atoms with Crippen LogP contribution < -0.4 is 10.6 Å². The number of benzene rings is 2. The summed E-state index contributed by atoms with van der Waals surface area (Å²) in [6, 6.07) is 21.8. The third-order valence-corrected chi connectivity index (χ3v) is 5.32. The van der Waals surface area contributed by atoms with Crippen molar-refractivity contribution in [3.8, 4) is 0 Å². The number of rotatable bonds is 4. The lowest BCUT2D eigenvalue weighted by Crippen LogP contribution is -2.13. The fraction of sp³-hybridized carbons (Fsp3) is 0.250. The standard InChI is InChI=1S/C15H17P.CH4/c1-2-13-16(14-9-5-3-6-10-14)15-11-7-4-8-12-15;/h3-12H,2,13H2,1H3;1H4. The molecule has 0 radical (unpaired) electrons. The molecule has 0 spiro atoms. The molecule has 1 heteroatoms. The smallest absolute Gasteiger partial charge is 0.0195 e. The molecule has 0 N–H and O–H groups in total. The third kappa shape index (κ3) is 3.68. The van der Waals surface area contributed by atoms with Gasteiger partial charge in [0.05, 0.1) is 0 Å². The second-order valence-corrected chi connectivity index (χ2v) is 6.16. The van der Waals surface area contributed by atoms with Crippen LogP contribution in [0.4, 0.5) is 0 Å². The quantitative estimate of drug-likeness (QED) is 0.708. The first-order chi connectivity index (χ1) is 7.92. The molecule has 17 heavy (non-hydrogen) atoms. The van der Waals surface area contributed by atoms with Crippen LogP contribution in [0.1, 0.15) is 20.8 Å². The van der Waals surface area contributed by atoms with Crippen molar-refractivity contribution in [2.45, 2.75) is 20.8 Å². The summed E-state index contributed by atoms with van der Waals surface area (Å²) in [5, 5.41) is 2.98. The molecule has 0 aliphatic heterocycles. The first-order valence-corrected chi connectivity index (χ1v) is 7.32. The molecule has 90 valence electrons. The Hall–Kier alpha value is -1.13. The van der Waals surface area contributed by atoms with Crippen LogP contribution in [0.25, 0.3) is 0 Å². The van der Waals surface area contributed by atoms with Gasteiger partial charge in [0, 0.05) is 0 Å². The monoisotopic (exact) mass is 244 g/mol. The van der Waals surface area contributed by atoms with Crippen LogP contribution in [0.2, 0.25) is 0 Å². The molecule has 2 aromatic rings. The molecule has 0 unspecified atom stereocenters. The molecule has 2 rings (SSSR count). The van der Waals surface area contributed by atoms with Crippen molar-refractivity contribution in [3.05, 3.63) is 60.7 Å². The molecule has 0 aromatic heterocycles. The summed E-state index contributed by atoms with van der Waals surface area (Å²) < 4.78 is 0. The molecule has 0 saturated heterocycles. The summed E-state index contributed by atoms with van der Waals surface area (Å²) in [6.45, 7) is 2.27. The van der Waals surface area contributed by atoms with E-state index in [1.807, 2.05) is 0 Å². The molecule has 0 nitrogen and oxygen atoms in total. The van der Waals surface area contributed by atoms with E-state index in [-0.39, 0.29) is 15.3 Å². The molecule has 0 amide bonds. The van der Waals surface area contributed by atoms with Crippen LogP contribution >= 0.6 is 7.92 Å². The van der Waals surface area contributed by atoms with Gasteiger partial charge < -0.3 is 0 Å². The Morgan fingerprint density at radius 3 is 1.53 bits per heavy atom. The van der Waals surface area contributed by atoms with Crippen LogP contribution in [0.3, 0.4) is 0 Å². The first kappa shape index (κ1) is 13.9. The summed E-state index contributed by atoms with van der Waals surface area (Å²) in [6.07, 6.45) is 2.53. The van der Waals surface area contributed by atoms with Crippen molar-refractivity contribution in [3.63, 3.8) is 0 Å². The lowest BCUT2D eigenvalue weighted by atomic mass is 10.4. The van der Waals surface area contributed by atoms with E-state index in [1.165, 1.54) is 23.2 Å². The topological polar surface area (TPSA) is 0 Å². The van der Waals surface area contributed by atoms with Crippen LogP contribution in [-0.2, 0) is 0 Å². The molecule has 0 heterocycles. The normalized spacial score (nSPS) is 10.0. The first-order valence-electron chi connectivity index (χ1n) is 5.79. The lowest BCUT2D eigenvalue weighted by Gasteiger charge is -2.17. The summed E-state index contributed by atoms with van der Waals surface area (Å²) in [4.78, 5) is 0. The Morgan fingerprint density at radius 2 is 1.18 bits per heavy atom. The van der Waals surface area contributed by atoms with Gasteiger partial charge in [-0.3, -0.25) is 0 Å². The van der Waals surface area contributed by atoms with Gasteiger partial charge in [-0.25, -0.2) is 0 Å². The van der Waals surface area contributed by atoms with E-state index in [0.29, 0.717) is 0 Å². The van der Waals surface area contributed by atoms with E-state index < -0.39 is 0 Å². The van der Waals surface area contributed by atoms with Gasteiger partial charge in [-0.05, 0) is 24.7 Å². The number of hydrogen-bond acceptors (Lipinski definition) is 0. The Bertz CT molecular complexity index is 369. The molecule has 0 bridgehead atoms. The van der Waals surface area contributed by atoms with Gasteiger partial charge in [0.1, 0.15) is 0 Å². The van der Waals surface area contributed by atoms with Gasteiger partial charge in [0.15, 0.2) is 0 Å². The van der Waals surface area contributed by atoms with E-state index in [4.69, 9.17) is 0 Å². The van der Waals surface area contributed by atoms with Gasteiger partial charge in [0.25, 0.3) is 0 Å². The maximum absolute atomic E-state index is 2.27. The molecule has 0 aliphatic rings. The Morgan fingerprint density at radius 1 is 0.765 bits per heavy atom. The maximum atomic E-state index is 2.27. The van der Waals surface area contributed by atoms with Crippen molar-refractivity contribution < 1.29 is 0 Å². The zero-order valence-electron chi connectivity index (χ0n) is 9.63. The summed E-state index contributed by atoms with van der Waals surface area (Å²) in [5.74, 6) is 0. The SMILES string of the molecule is C.CCCP(c1ccccc1)c1ccccc1. The van der Waals surface area contributed by atoms with Gasteiger partial charge in [-0.1, -0.05) is 81.4 Å². The van der Waals surface area contributed by atoms with Crippen LogP contribution in [0.15, 0.2) is 60.7 Å². The Kier molecular flexibility index (Phi) is 5.94. The van der Waals surface area contributed by atoms with Crippen molar-refractivity contribution in [2.24, 2.45) is 0 Å². The highest BCUT2D eigenvalue weighted by molar-refractivity contribution is 7.73. The highest BCUT2D eigenvalue weighted by Crippen LogP contribution is 2.33. The molecule has 0 saturated carbocycles. The summed E-state index contributed by atoms with van der Waals surface area (Å²) >= 11 is 0. The highest BCUT2D eigenvalue weighted by atomic mass is 31.1. The third-order valence-electron chi connectivity index (χ3n) is 2.58. The largest absolute Gasteiger partial charge is 0.0776 e.